The third-order valence-electron chi connectivity index (χ3n) is 2.71. The van der Waals surface area contributed by atoms with Crippen LogP contribution in [0.25, 0.3) is 0 Å². The number of hydrogen-bond donors (Lipinski definition) is 2. The van der Waals surface area contributed by atoms with Crippen molar-refractivity contribution in [3.63, 3.8) is 0 Å². The van der Waals surface area contributed by atoms with Crippen LogP contribution in [0.4, 0.5) is 5.69 Å². The highest BCUT2D eigenvalue weighted by molar-refractivity contribution is 5.97. The summed E-state index contributed by atoms with van der Waals surface area (Å²) < 4.78 is 9.57. The van der Waals surface area contributed by atoms with E-state index in [1.54, 1.807) is 18.2 Å². The lowest BCUT2D eigenvalue weighted by Gasteiger charge is -2.15. The van der Waals surface area contributed by atoms with Gasteiger partial charge >= 0.3 is 5.97 Å². The molecule has 6 nitrogen and oxygen atoms in total. The number of nitrogens with one attached hydrogen (secondary N) is 1. The molecule has 0 aromatic heterocycles. The fourth-order valence-corrected chi connectivity index (χ4v) is 1.53. The number of carbonyl (C=O) groups excluding carboxylic acids is 2. The summed E-state index contributed by atoms with van der Waals surface area (Å²) in [4.78, 5) is 23.3. The van der Waals surface area contributed by atoms with Gasteiger partial charge < -0.3 is 20.5 Å². The summed E-state index contributed by atoms with van der Waals surface area (Å²) in [7, 11) is 2.71. The second kappa shape index (κ2) is 6.86. The Labute approximate surface area is 111 Å². The fraction of sp³-hybridized carbons (Fsp3) is 0.385. The van der Waals surface area contributed by atoms with E-state index in [1.165, 1.54) is 14.2 Å². The lowest BCUT2D eigenvalue weighted by Crippen LogP contribution is -2.36. The Balaban J connectivity index is 2.94. The van der Waals surface area contributed by atoms with Gasteiger partial charge in [-0.25, -0.2) is 4.79 Å². The number of benzene rings is 1. The summed E-state index contributed by atoms with van der Waals surface area (Å²) in [6.45, 7) is 1.90. The highest BCUT2D eigenvalue weighted by atomic mass is 16.5. The van der Waals surface area contributed by atoms with E-state index in [9.17, 15) is 9.59 Å². The third kappa shape index (κ3) is 3.77. The molecule has 0 aliphatic heterocycles. The normalized spacial score (nSPS) is 11.8. The Morgan fingerprint density at radius 3 is 2.58 bits per heavy atom. The predicted molar refractivity (Wildman–Crippen MR) is 71.0 cm³/mol. The lowest BCUT2D eigenvalue weighted by molar-refractivity contribution is -0.125. The van der Waals surface area contributed by atoms with Gasteiger partial charge in [0.1, 0.15) is 6.10 Å². The van der Waals surface area contributed by atoms with Crippen LogP contribution in [0.5, 0.6) is 0 Å². The van der Waals surface area contributed by atoms with Crippen molar-refractivity contribution >= 4 is 17.6 Å². The Morgan fingerprint density at radius 2 is 2.05 bits per heavy atom. The highest BCUT2D eigenvalue weighted by Crippen LogP contribution is 2.18. The van der Waals surface area contributed by atoms with Crippen molar-refractivity contribution in [3.8, 4) is 0 Å². The van der Waals surface area contributed by atoms with E-state index in [0.717, 1.165) is 5.56 Å². The minimum atomic E-state index is -0.721. The first-order chi connectivity index (χ1) is 9.03. The Morgan fingerprint density at radius 1 is 1.37 bits per heavy atom. The predicted octanol–water partition coefficient (Wildman–Crippen LogP) is 0.694. The molecule has 1 amide bonds. The highest BCUT2D eigenvalue weighted by Gasteiger charge is 2.17. The van der Waals surface area contributed by atoms with Crippen molar-refractivity contribution in [3.05, 3.63) is 29.3 Å². The molecule has 0 saturated carbocycles. The van der Waals surface area contributed by atoms with Crippen molar-refractivity contribution in [2.24, 2.45) is 5.73 Å². The van der Waals surface area contributed by atoms with Crippen LogP contribution in [0.1, 0.15) is 15.9 Å². The van der Waals surface area contributed by atoms with Crippen molar-refractivity contribution < 1.29 is 19.1 Å². The average molecular weight is 266 g/mol. The number of nitrogens with two attached hydrogens (primary N) is 1. The van der Waals surface area contributed by atoms with Crippen LogP contribution in [0.15, 0.2) is 18.2 Å². The number of anilines is 1. The van der Waals surface area contributed by atoms with Crippen LogP contribution in [-0.2, 0) is 14.3 Å². The SMILES string of the molecule is COC(=O)c1ccc(C)c(NC(=O)C(CN)OC)c1. The van der Waals surface area contributed by atoms with E-state index in [2.05, 4.69) is 10.1 Å². The van der Waals surface area contributed by atoms with Gasteiger partial charge in [0.05, 0.1) is 12.7 Å². The minimum absolute atomic E-state index is 0.0814. The molecule has 1 aromatic rings. The van der Waals surface area contributed by atoms with Crippen LogP contribution in [-0.4, -0.2) is 38.7 Å². The maximum atomic E-state index is 11.8. The zero-order chi connectivity index (χ0) is 14.4. The Hall–Kier alpha value is -1.92. The van der Waals surface area contributed by atoms with Gasteiger partial charge in [-0.05, 0) is 24.6 Å². The smallest absolute Gasteiger partial charge is 0.337 e. The van der Waals surface area contributed by atoms with E-state index in [4.69, 9.17) is 10.5 Å². The summed E-state index contributed by atoms with van der Waals surface area (Å²) >= 11 is 0. The van der Waals surface area contributed by atoms with Gasteiger partial charge in [0.15, 0.2) is 0 Å². The molecule has 1 atom stereocenters. The first-order valence-corrected chi connectivity index (χ1v) is 5.76. The molecule has 6 heteroatoms. The molecule has 0 spiro atoms. The maximum Gasteiger partial charge on any atom is 0.337 e. The van der Waals surface area contributed by atoms with Crippen molar-refractivity contribution in [1.82, 2.24) is 0 Å². The molecule has 19 heavy (non-hydrogen) atoms. The van der Waals surface area contributed by atoms with Crippen LogP contribution >= 0.6 is 0 Å². The van der Waals surface area contributed by atoms with Crippen molar-refractivity contribution in [2.45, 2.75) is 13.0 Å². The van der Waals surface area contributed by atoms with E-state index < -0.39 is 12.1 Å². The van der Waals surface area contributed by atoms with Crippen LogP contribution in [0, 0.1) is 6.92 Å². The summed E-state index contributed by atoms with van der Waals surface area (Å²) in [6.07, 6.45) is -0.721. The van der Waals surface area contributed by atoms with Crippen LogP contribution in [0.3, 0.4) is 0 Å². The number of amides is 1. The molecular formula is C13H18N2O4. The molecule has 0 heterocycles. The van der Waals surface area contributed by atoms with Gasteiger partial charge in [-0.3, -0.25) is 4.79 Å². The van der Waals surface area contributed by atoms with E-state index in [0.29, 0.717) is 11.3 Å². The summed E-state index contributed by atoms with van der Waals surface area (Å²) in [5.41, 5.74) is 7.14. The Bertz CT molecular complexity index is 470. The Kier molecular flexibility index (Phi) is 5.47. The van der Waals surface area contributed by atoms with Crippen molar-refractivity contribution in [2.75, 3.05) is 26.1 Å². The lowest BCUT2D eigenvalue weighted by atomic mass is 10.1. The van der Waals surface area contributed by atoms with Crippen LogP contribution < -0.4 is 11.1 Å². The average Bonchev–Trinajstić information content (AvgIpc) is 2.41. The maximum absolute atomic E-state index is 11.8. The van der Waals surface area contributed by atoms with E-state index >= 15 is 0 Å². The minimum Gasteiger partial charge on any atom is -0.465 e. The summed E-state index contributed by atoms with van der Waals surface area (Å²) in [6, 6.07) is 4.92. The largest absolute Gasteiger partial charge is 0.465 e. The van der Waals surface area contributed by atoms with Gasteiger partial charge in [0.2, 0.25) is 0 Å². The van der Waals surface area contributed by atoms with Gasteiger partial charge in [-0.1, -0.05) is 6.07 Å². The molecular weight excluding hydrogens is 248 g/mol. The third-order valence-corrected chi connectivity index (χ3v) is 2.71. The first kappa shape index (κ1) is 15.1. The van der Waals surface area contributed by atoms with E-state index in [1.807, 2.05) is 6.92 Å². The molecule has 0 saturated heterocycles. The topological polar surface area (TPSA) is 90.7 Å². The zero-order valence-corrected chi connectivity index (χ0v) is 11.2. The molecule has 0 aliphatic rings. The molecule has 1 rings (SSSR count). The van der Waals surface area contributed by atoms with Gasteiger partial charge in [-0.2, -0.15) is 0 Å². The standard InChI is InChI=1S/C13H18N2O4/c1-8-4-5-9(13(17)19-3)6-10(8)15-12(16)11(7-14)18-2/h4-6,11H,7,14H2,1-3H3,(H,15,16). The molecule has 1 unspecified atom stereocenters. The fourth-order valence-electron chi connectivity index (χ4n) is 1.53. The summed E-state index contributed by atoms with van der Waals surface area (Å²) in [5.74, 6) is -0.812. The number of rotatable bonds is 5. The first-order valence-electron chi connectivity index (χ1n) is 5.76. The van der Waals surface area contributed by atoms with E-state index in [-0.39, 0.29) is 12.5 Å². The zero-order valence-electron chi connectivity index (χ0n) is 11.2. The molecule has 1 aromatic carbocycles. The molecule has 104 valence electrons. The monoisotopic (exact) mass is 266 g/mol. The molecule has 0 bridgehead atoms. The van der Waals surface area contributed by atoms with Gasteiger partial charge in [0.25, 0.3) is 5.91 Å². The second-order valence-electron chi connectivity index (χ2n) is 3.97. The molecule has 0 fully saturated rings. The summed E-state index contributed by atoms with van der Waals surface area (Å²) in [5, 5.41) is 2.68. The second-order valence-corrected chi connectivity index (χ2v) is 3.97. The molecule has 0 radical (unpaired) electrons. The number of ether oxygens (including phenoxy) is 2. The molecule has 0 aliphatic carbocycles. The number of hydrogen-bond acceptors (Lipinski definition) is 5. The number of aryl methyl sites for hydroxylation is 1. The number of esters is 1. The number of carbonyl (C=O) groups is 2. The molecule has 3 N–H and O–H groups in total. The van der Waals surface area contributed by atoms with Crippen molar-refractivity contribution in [1.29, 1.82) is 0 Å². The quantitative estimate of drug-likeness (QED) is 0.765. The van der Waals surface area contributed by atoms with Gasteiger partial charge in [0, 0.05) is 19.3 Å². The van der Waals surface area contributed by atoms with Crippen LogP contribution in [0.2, 0.25) is 0 Å². The number of methoxy groups -OCH3 is 2. The van der Waals surface area contributed by atoms with Gasteiger partial charge in [-0.15, -0.1) is 0 Å².